The van der Waals surface area contributed by atoms with Gasteiger partial charge in [0, 0.05) is 42.8 Å². The first kappa shape index (κ1) is 17.5. The summed E-state index contributed by atoms with van der Waals surface area (Å²) < 4.78 is 0. The summed E-state index contributed by atoms with van der Waals surface area (Å²) in [7, 11) is 2.03. The van der Waals surface area contributed by atoms with E-state index in [1.54, 1.807) is 0 Å². The van der Waals surface area contributed by atoms with E-state index in [0.717, 1.165) is 32.2 Å². The van der Waals surface area contributed by atoms with Gasteiger partial charge in [-0.1, -0.05) is 11.6 Å². The third kappa shape index (κ3) is 4.45. The van der Waals surface area contributed by atoms with Gasteiger partial charge < -0.3 is 10.0 Å². The molecule has 0 aliphatic carbocycles. The summed E-state index contributed by atoms with van der Waals surface area (Å²) in [6, 6.07) is 2.56. The molecule has 1 heterocycles. The number of phenols is 1. The second kappa shape index (κ2) is 7.44. The highest BCUT2D eigenvalue weighted by molar-refractivity contribution is 6.31. The molecule has 21 heavy (non-hydrogen) atoms. The lowest BCUT2D eigenvalue weighted by Crippen LogP contribution is -2.41. The van der Waals surface area contributed by atoms with Crippen LogP contribution in [0.25, 0.3) is 0 Å². The third-order valence-electron chi connectivity index (χ3n) is 3.12. The monoisotopic (exact) mass is 334 g/mol. The van der Waals surface area contributed by atoms with E-state index < -0.39 is 16.4 Å². The molecule has 0 saturated carbocycles. The zero-order valence-corrected chi connectivity index (χ0v) is 13.0. The molecule has 116 valence electrons. The lowest BCUT2D eigenvalue weighted by Gasteiger charge is -2.30. The van der Waals surface area contributed by atoms with Gasteiger partial charge in [-0.25, -0.2) is 0 Å². The van der Waals surface area contributed by atoms with E-state index in [4.69, 9.17) is 11.6 Å². The number of hydrogen-bond acceptors (Lipinski definition) is 6. The topological polar surface area (TPSA) is 82.2 Å². The van der Waals surface area contributed by atoms with Gasteiger partial charge in [-0.05, 0) is 13.1 Å². The summed E-state index contributed by atoms with van der Waals surface area (Å²) in [5, 5.41) is 26.9. The molecule has 1 saturated heterocycles. The Kier molecular flexibility index (Phi) is 6.19. The van der Waals surface area contributed by atoms with Gasteiger partial charge in [-0.15, -0.1) is 12.4 Å². The van der Waals surface area contributed by atoms with Crippen LogP contribution in [0.2, 0.25) is 5.02 Å². The number of hydrazone groups is 1. The molecular formula is C12H16Cl2N4O3. The minimum absolute atomic E-state index is 0. The molecule has 1 aliphatic rings. The molecule has 1 N–H and O–H groups in total. The van der Waals surface area contributed by atoms with Crippen LogP contribution in [0.4, 0.5) is 5.69 Å². The van der Waals surface area contributed by atoms with E-state index in [1.165, 1.54) is 12.3 Å². The molecule has 0 atom stereocenters. The molecule has 1 fully saturated rings. The van der Waals surface area contributed by atoms with Crippen LogP contribution in [0.1, 0.15) is 5.56 Å². The minimum atomic E-state index is -0.672. The summed E-state index contributed by atoms with van der Waals surface area (Å²) in [5.41, 5.74) is -0.180. The van der Waals surface area contributed by atoms with E-state index >= 15 is 0 Å². The van der Waals surface area contributed by atoms with E-state index in [9.17, 15) is 15.2 Å². The predicted molar refractivity (Wildman–Crippen MR) is 83.7 cm³/mol. The number of nitrogens with zero attached hydrogens (tertiary/aromatic N) is 4. The SMILES string of the molecule is CN1CCN(/N=C/c2cc(Cl)cc([N+](=O)[O-])c2O)CC1.Cl. The quantitative estimate of drug-likeness (QED) is 0.519. The fourth-order valence-corrected chi connectivity index (χ4v) is 2.12. The van der Waals surface area contributed by atoms with Crippen LogP contribution in [0.5, 0.6) is 5.75 Å². The first-order valence-electron chi connectivity index (χ1n) is 6.12. The van der Waals surface area contributed by atoms with Crippen LogP contribution in [-0.2, 0) is 0 Å². The Bertz CT molecular complexity index is 546. The molecular weight excluding hydrogens is 319 g/mol. The van der Waals surface area contributed by atoms with Gasteiger partial charge in [-0.3, -0.25) is 15.1 Å². The highest BCUT2D eigenvalue weighted by Gasteiger charge is 2.18. The number of piperazine rings is 1. The number of hydrogen-bond donors (Lipinski definition) is 1. The van der Waals surface area contributed by atoms with Crippen molar-refractivity contribution in [3.8, 4) is 5.75 Å². The second-order valence-corrected chi connectivity index (χ2v) is 5.06. The van der Waals surface area contributed by atoms with Crippen LogP contribution in [0, 0.1) is 10.1 Å². The fourth-order valence-electron chi connectivity index (χ4n) is 1.90. The second-order valence-electron chi connectivity index (χ2n) is 4.62. The molecule has 0 bridgehead atoms. The normalized spacial score (nSPS) is 16.0. The molecule has 0 aromatic heterocycles. The van der Waals surface area contributed by atoms with Gasteiger partial charge in [0.05, 0.1) is 11.1 Å². The summed E-state index contributed by atoms with van der Waals surface area (Å²) in [5.74, 6) is -0.419. The Balaban J connectivity index is 0.00000220. The van der Waals surface area contributed by atoms with E-state index in [2.05, 4.69) is 10.0 Å². The third-order valence-corrected chi connectivity index (χ3v) is 3.34. The largest absolute Gasteiger partial charge is 0.502 e. The Labute approximate surface area is 133 Å². The Morgan fingerprint density at radius 3 is 2.57 bits per heavy atom. The van der Waals surface area contributed by atoms with Crippen LogP contribution >= 0.6 is 24.0 Å². The van der Waals surface area contributed by atoms with Crippen molar-refractivity contribution < 1.29 is 10.0 Å². The van der Waals surface area contributed by atoms with Crippen LogP contribution in [0.15, 0.2) is 17.2 Å². The smallest absolute Gasteiger partial charge is 0.312 e. The first-order valence-corrected chi connectivity index (χ1v) is 6.49. The van der Waals surface area contributed by atoms with Gasteiger partial charge in [-0.2, -0.15) is 5.10 Å². The molecule has 9 heteroatoms. The van der Waals surface area contributed by atoms with Gasteiger partial charge >= 0.3 is 5.69 Å². The van der Waals surface area contributed by atoms with E-state index in [0.29, 0.717) is 0 Å². The molecule has 1 aliphatic heterocycles. The lowest BCUT2D eigenvalue weighted by atomic mass is 10.2. The number of benzene rings is 1. The van der Waals surface area contributed by atoms with Crippen molar-refractivity contribution in [2.24, 2.45) is 5.10 Å². The molecule has 1 aromatic rings. The first-order chi connectivity index (χ1) is 9.47. The highest BCUT2D eigenvalue weighted by Crippen LogP contribution is 2.32. The Morgan fingerprint density at radius 2 is 2.00 bits per heavy atom. The predicted octanol–water partition coefficient (Wildman–Crippen LogP) is 1.96. The van der Waals surface area contributed by atoms with Crippen LogP contribution in [-0.4, -0.2) is 59.4 Å². The molecule has 7 nitrogen and oxygen atoms in total. The molecule has 0 spiro atoms. The van der Waals surface area contributed by atoms with Crippen molar-refractivity contribution >= 4 is 35.9 Å². The average Bonchev–Trinajstić information content (AvgIpc) is 2.41. The molecule has 0 amide bonds. The highest BCUT2D eigenvalue weighted by atomic mass is 35.5. The van der Waals surface area contributed by atoms with Crippen molar-refractivity contribution in [3.63, 3.8) is 0 Å². The van der Waals surface area contributed by atoms with Crippen molar-refractivity contribution in [1.82, 2.24) is 9.91 Å². The Morgan fingerprint density at radius 1 is 1.38 bits per heavy atom. The van der Waals surface area contributed by atoms with Crippen molar-refractivity contribution in [1.29, 1.82) is 0 Å². The number of rotatable bonds is 3. The maximum Gasteiger partial charge on any atom is 0.312 e. The number of phenolic OH excluding ortho intramolecular Hbond substituents is 1. The molecule has 1 aromatic carbocycles. The van der Waals surface area contributed by atoms with Crippen molar-refractivity contribution in [2.45, 2.75) is 0 Å². The number of halogens is 2. The number of nitro benzene ring substituents is 1. The lowest BCUT2D eigenvalue weighted by molar-refractivity contribution is -0.385. The summed E-state index contributed by atoms with van der Waals surface area (Å²) >= 11 is 5.81. The van der Waals surface area contributed by atoms with Gasteiger partial charge in [0.25, 0.3) is 0 Å². The van der Waals surface area contributed by atoms with E-state index in [1.807, 2.05) is 12.1 Å². The van der Waals surface area contributed by atoms with Gasteiger partial charge in [0.1, 0.15) is 0 Å². The Hall–Kier alpha value is -1.57. The maximum atomic E-state index is 10.8. The molecule has 0 radical (unpaired) electrons. The van der Waals surface area contributed by atoms with Gasteiger partial charge in [0.2, 0.25) is 5.75 Å². The van der Waals surface area contributed by atoms with Crippen molar-refractivity contribution in [2.75, 3.05) is 33.2 Å². The standard InChI is InChI=1S/C12H15ClN4O3.ClH/c1-15-2-4-16(5-3-15)14-8-9-6-10(13)7-11(12(9)18)17(19)20;/h6-8,18H,2-5H2,1H3;1H/b14-8+;. The fraction of sp³-hybridized carbons (Fsp3) is 0.417. The van der Waals surface area contributed by atoms with Gasteiger partial charge in [0.15, 0.2) is 0 Å². The molecule has 0 unspecified atom stereocenters. The van der Waals surface area contributed by atoms with Crippen LogP contribution in [0.3, 0.4) is 0 Å². The number of nitro groups is 1. The van der Waals surface area contributed by atoms with Crippen LogP contribution < -0.4 is 0 Å². The zero-order valence-electron chi connectivity index (χ0n) is 11.4. The summed E-state index contributed by atoms with van der Waals surface area (Å²) in [6.07, 6.45) is 1.40. The number of aromatic hydroxyl groups is 1. The van der Waals surface area contributed by atoms with E-state index in [-0.39, 0.29) is 23.0 Å². The summed E-state index contributed by atoms with van der Waals surface area (Å²) in [4.78, 5) is 12.3. The zero-order chi connectivity index (χ0) is 14.7. The van der Waals surface area contributed by atoms with Crippen molar-refractivity contribution in [3.05, 3.63) is 32.8 Å². The minimum Gasteiger partial charge on any atom is -0.502 e. The number of likely N-dealkylation sites (N-methyl/N-ethyl adjacent to an activating group) is 1. The average molecular weight is 335 g/mol. The molecule has 2 rings (SSSR count). The maximum absolute atomic E-state index is 10.8. The summed E-state index contributed by atoms with van der Waals surface area (Å²) in [6.45, 7) is 3.35.